The fraction of sp³-hybridized carbons (Fsp3) is 0.867. The number of guanidine groups is 2. The second-order valence-corrected chi connectivity index (χ2v) is 6.00. The van der Waals surface area contributed by atoms with Crippen LogP contribution in [-0.2, 0) is 0 Å². The average Bonchev–Trinajstić information content (AvgIpc) is 2.34. The normalized spacial score (nSPS) is 9.90. The first-order valence-corrected chi connectivity index (χ1v) is 7.55. The molecule has 21 heavy (non-hydrogen) atoms. The van der Waals surface area contributed by atoms with Gasteiger partial charge in [0, 0.05) is 69.5 Å². The van der Waals surface area contributed by atoms with Crippen LogP contribution in [0.25, 0.3) is 0 Å². The van der Waals surface area contributed by atoms with Crippen molar-refractivity contribution in [3.63, 3.8) is 0 Å². The summed E-state index contributed by atoms with van der Waals surface area (Å²) in [6.07, 6.45) is 3.38. The lowest BCUT2D eigenvalue weighted by molar-refractivity contribution is 0.476. The van der Waals surface area contributed by atoms with E-state index in [0.717, 1.165) is 44.3 Å². The first-order valence-electron chi connectivity index (χ1n) is 7.55. The molecule has 0 N–H and O–H groups in total. The number of unbranched alkanes of at least 4 members (excludes halogenated alkanes) is 2. The smallest absolute Gasteiger partial charge is 0.195 e. The van der Waals surface area contributed by atoms with Crippen LogP contribution in [-0.4, -0.2) is 101 Å². The molecule has 0 unspecified atom stereocenters. The third-order valence-electron chi connectivity index (χ3n) is 2.92. The van der Waals surface area contributed by atoms with Crippen molar-refractivity contribution in [3.05, 3.63) is 0 Å². The van der Waals surface area contributed by atoms with Gasteiger partial charge in [-0.2, -0.15) is 0 Å². The molecule has 0 spiro atoms. The van der Waals surface area contributed by atoms with Crippen LogP contribution in [0.5, 0.6) is 0 Å². The van der Waals surface area contributed by atoms with Crippen molar-refractivity contribution in [2.75, 3.05) is 69.5 Å². The number of hydrogen-bond acceptors (Lipinski definition) is 2. The molecule has 0 aromatic rings. The van der Waals surface area contributed by atoms with Gasteiger partial charge in [0.05, 0.1) is 0 Å². The van der Waals surface area contributed by atoms with Gasteiger partial charge in [-0.15, -0.1) is 0 Å². The van der Waals surface area contributed by atoms with Gasteiger partial charge in [-0.25, -0.2) is 0 Å². The molecule has 0 heterocycles. The van der Waals surface area contributed by atoms with Crippen LogP contribution in [0.15, 0.2) is 9.98 Å². The number of aliphatic imine (C=N–C) groups is 2. The molecule has 6 nitrogen and oxygen atoms in total. The summed E-state index contributed by atoms with van der Waals surface area (Å²) >= 11 is 0. The summed E-state index contributed by atoms with van der Waals surface area (Å²) in [5, 5.41) is 0. The molecule has 0 radical (unpaired) electrons. The molecule has 0 rings (SSSR count). The minimum absolute atomic E-state index is 0.879. The van der Waals surface area contributed by atoms with Crippen molar-refractivity contribution in [3.8, 4) is 0 Å². The quantitative estimate of drug-likeness (QED) is 0.418. The van der Waals surface area contributed by atoms with Gasteiger partial charge in [0.25, 0.3) is 0 Å². The van der Waals surface area contributed by atoms with E-state index in [0.29, 0.717) is 0 Å². The van der Waals surface area contributed by atoms with Gasteiger partial charge in [0.2, 0.25) is 0 Å². The van der Waals surface area contributed by atoms with E-state index >= 15 is 0 Å². The highest BCUT2D eigenvalue weighted by molar-refractivity contribution is 5.79. The lowest BCUT2D eigenvalue weighted by Crippen LogP contribution is -2.35. The first kappa shape index (κ1) is 19.5. The molecule has 0 bridgehead atoms. The molecule has 0 amide bonds. The maximum atomic E-state index is 4.63. The van der Waals surface area contributed by atoms with Crippen LogP contribution >= 0.6 is 0 Å². The molecular formula is C15H34N6. The van der Waals surface area contributed by atoms with E-state index in [9.17, 15) is 0 Å². The van der Waals surface area contributed by atoms with E-state index in [2.05, 4.69) is 9.98 Å². The van der Waals surface area contributed by atoms with Gasteiger partial charge < -0.3 is 19.6 Å². The summed E-state index contributed by atoms with van der Waals surface area (Å²) in [5.74, 6) is 2.05. The van der Waals surface area contributed by atoms with E-state index in [1.165, 1.54) is 0 Å². The lowest BCUT2D eigenvalue weighted by atomic mass is 10.2. The molecule has 0 saturated carbocycles. The lowest BCUT2D eigenvalue weighted by Gasteiger charge is -2.22. The van der Waals surface area contributed by atoms with Crippen molar-refractivity contribution < 1.29 is 0 Å². The Balaban J connectivity index is 4.02. The second-order valence-electron chi connectivity index (χ2n) is 6.00. The maximum Gasteiger partial charge on any atom is 0.195 e. The Hall–Kier alpha value is -1.46. The van der Waals surface area contributed by atoms with Gasteiger partial charge in [-0.1, -0.05) is 0 Å². The highest BCUT2D eigenvalue weighted by Gasteiger charge is 2.04. The van der Waals surface area contributed by atoms with Crippen molar-refractivity contribution >= 4 is 11.9 Å². The zero-order valence-corrected chi connectivity index (χ0v) is 15.2. The number of rotatable bonds is 6. The molecule has 6 heteroatoms. The minimum Gasteiger partial charge on any atom is -0.349 e. The molecular weight excluding hydrogens is 264 g/mol. The van der Waals surface area contributed by atoms with Crippen LogP contribution in [0, 0.1) is 0 Å². The maximum absolute atomic E-state index is 4.63. The van der Waals surface area contributed by atoms with Gasteiger partial charge >= 0.3 is 0 Å². The number of nitrogens with zero attached hydrogens (tertiary/aromatic N) is 6. The topological polar surface area (TPSA) is 37.7 Å². The number of hydrogen-bond donors (Lipinski definition) is 0. The fourth-order valence-electron chi connectivity index (χ4n) is 2.12. The molecule has 0 atom stereocenters. The van der Waals surface area contributed by atoms with Crippen molar-refractivity contribution in [2.45, 2.75) is 19.3 Å². The molecule has 0 fully saturated rings. The third-order valence-corrected chi connectivity index (χ3v) is 2.92. The Labute approximate surface area is 131 Å². The summed E-state index contributed by atoms with van der Waals surface area (Å²) in [6.45, 7) is 1.76. The standard InChI is InChI=1S/C15H34N6/c1-18(2)14(19(3)4)16-12-10-9-11-13-17-15(20(5)6)21(7)8/h9-13H2,1-8H3. The van der Waals surface area contributed by atoms with E-state index in [1.807, 2.05) is 76.0 Å². The first-order chi connectivity index (χ1) is 9.77. The Kier molecular flexibility index (Phi) is 9.58. The van der Waals surface area contributed by atoms with Crippen LogP contribution in [0.1, 0.15) is 19.3 Å². The highest BCUT2D eigenvalue weighted by Crippen LogP contribution is 1.99. The second kappa shape index (κ2) is 10.3. The molecule has 0 aromatic heterocycles. The average molecular weight is 298 g/mol. The van der Waals surface area contributed by atoms with Crippen molar-refractivity contribution in [1.82, 2.24) is 19.6 Å². The van der Waals surface area contributed by atoms with E-state index in [1.54, 1.807) is 0 Å². The summed E-state index contributed by atoms with van der Waals surface area (Å²) in [5.41, 5.74) is 0. The molecule has 0 aliphatic carbocycles. The Bertz CT molecular complexity index is 279. The monoisotopic (exact) mass is 298 g/mol. The largest absolute Gasteiger partial charge is 0.349 e. The minimum atomic E-state index is 0.879. The molecule has 0 aliphatic rings. The van der Waals surface area contributed by atoms with Crippen molar-refractivity contribution in [2.24, 2.45) is 9.98 Å². The Morgan fingerprint density at radius 2 is 0.810 bits per heavy atom. The fourth-order valence-corrected chi connectivity index (χ4v) is 2.12. The predicted octanol–water partition coefficient (Wildman–Crippen LogP) is 1.12. The molecule has 124 valence electrons. The van der Waals surface area contributed by atoms with E-state index in [4.69, 9.17) is 0 Å². The zero-order chi connectivity index (χ0) is 16.4. The van der Waals surface area contributed by atoms with Gasteiger partial charge in [-0.3, -0.25) is 9.98 Å². The van der Waals surface area contributed by atoms with Crippen LogP contribution in [0.4, 0.5) is 0 Å². The Morgan fingerprint density at radius 3 is 1.05 bits per heavy atom. The molecule has 0 saturated heterocycles. The highest BCUT2D eigenvalue weighted by atomic mass is 15.3. The van der Waals surface area contributed by atoms with Crippen LogP contribution in [0.3, 0.4) is 0 Å². The van der Waals surface area contributed by atoms with Crippen molar-refractivity contribution in [1.29, 1.82) is 0 Å². The van der Waals surface area contributed by atoms with Crippen LogP contribution in [0.2, 0.25) is 0 Å². The van der Waals surface area contributed by atoms with E-state index < -0.39 is 0 Å². The molecule has 0 aliphatic heterocycles. The van der Waals surface area contributed by atoms with Gasteiger partial charge in [-0.05, 0) is 19.3 Å². The third kappa shape index (κ3) is 8.42. The Morgan fingerprint density at radius 1 is 0.524 bits per heavy atom. The zero-order valence-electron chi connectivity index (χ0n) is 15.2. The summed E-state index contributed by atoms with van der Waals surface area (Å²) in [7, 11) is 16.2. The summed E-state index contributed by atoms with van der Waals surface area (Å²) in [4.78, 5) is 17.4. The molecule has 0 aromatic carbocycles. The van der Waals surface area contributed by atoms with Gasteiger partial charge in [0.1, 0.15) is 0 Å². The SMILES string of the molecule is CN(C)C(=NCCCCCN=C(N(C)C)N(C)C)N(C)C. The van der Waals surface area contributed by atoms with Crippen LogP contribution < -0.4 is 0 Å². The summed E-state index contributed by atoms with van der Waals surface area (Å²) < 4.78 is 0. The predicted molar refractivity (Wildman–Crippen MR) is 93.2 cm³/mol. The van der Waals surface area contributed by atoms with E-state index in [-0.39, 0.29) is 0 Å². The van der Waals surface area contributed by atoms with Gasteiger partial charge in [0.15, 0.2) is 11.9 Å². The summed E-state index contributed by atoms with van der Waals surface area (Å²) in [6, 6.07) is 0.